The van der Waals surface area contributed by atoms with Gasteiger partial charge < -0.3 is 10.4 Å². The molecule has 17 heavy (non-hydrogen) atoms. The van der Waals surface area contributed by atoms with E-state index in [1.807, 2.05) is 0 Å². The fourth-order valence-corrected chi connectivity index (χ4v) is 1.93. The van der Waals surface area contributed by atoms with Crippen molar-refractivity contribution in [3.05, 3.63) is 0 Å². The Morgan fingerprint density at radius 2 is 1.94 bits per heavy atom. The van der Waals surface area contributed by atoms with Crippen LogP contribution in [0.5, 0.6) is 0 Å². The number of carbonyl (C=O) groups excluding carboxylic acids is 1. The molecule has 3 heteroatoms. The van der Waals surface area contributed by atoms with E-state index in [0.717, 1.165) is 12.8 Å². The molecular weight excluding hydrogens is 214 g/mol. The van der Waals surface area contributed by atoms with E-state index < -0.39 is 0 Å². The highest BCUT2D eigenvalue weighted by atomic mass is 16.3. The maximum atomic E-state index is 12.1. The molecular formula is C14H29NO2. The van der Waals surface area contributed by atoms with Crippen LogP contribution < -0.4 is 5.32 Å². The van der Waals surface area contributed by atoms with E-state index in [1.54, 1.807) is 0 Å². The molecule has 0 radical (unpaired) electrons. The quantitative estimate of drug-likeness (QED) is 0.688. The van der Waals surface area contributed by atoms with E-state index in [9.17, 15) is 4.79 Å². The van der Waals surface area contributed by atoms with Gasteiger partial charge >= 0.3 is 0 Å². The molecule has 0 aromatic heterocycles. The van der Waals surface area contributed by atoms with Gasteiger partial charge in [0.25, 0.3) is 0 Å². The van der Waals surface area contributed by atoms with Gasteiger partial charge in [-0.3, -0.25) is 4.79 Å². The number of rotatable bonds is 8. The number of nitrogens with one attached hydrogen (secondary N) is 1. The highest BCUT2D eigenvalue weighted by molar-refractivity contribution is 5.78. The molecule has 1 atom stereocenters. The highest BCUT2D eigenvalue weighted by Crippen LogP contribution is 2.20. The summed E-state index contributed by atoms with van der Waals surface area (Å²) in [5, 5.41) is 12.0. The number of amides is 1. The molecule has 1 unspecified atom stereocenters. The molecule has 0 aliphatic heterocycles. The molecule has 0 aromatic rings. The summed E-state index contributed by atoms with van der Waals surface area (Å²) in [7, 11) is 0. The lowest BCUT2D eigenvalue weighted by Gasteiger charge is -2.26. The second-order valence-electron chi connectivity index (χ2n) is 5.99. The number of carbonyl (C=O) groups is 1. The lowest BCUT2D eigenvalue weighted by atomic mass is 9.87. The minimum atomic E-state index is -0.0296. The average molecular weight is 243 g/mol. The Labute approximate surface area is 106 Å². The first kappa shape index (κ1) is 16.4. The molecule has 0 aliphatic rings. The Bertz CT molecular complexity index is 224. The summed E-state index contributed by atoms with van der Waals surface area (Å²) in [6.07, 6.45) is 2.70. The van der Waals surface area contributed by atoms with Crippen LogP contribution >= 0.6 is 0 Å². The molecule has 0 saturated heterocycles. The van der Waals surface area contributed by atoms with Gasteiger partial charge in [-0.1, -0.05) is 41.0 Å². The van der Waals surface area contributed by atoms with E-state index in [-0.39, 0.29) is 23.8 Å². The monoisotopic (exact) mass is 243 g/mol. The van der Waals surface area contributed by atoms with Crippen LogP contribution in [0, 0.1) is 17.3 Å². The van der Waals surface area contributed by atoms with Gasteiger partial charge in [-0.15, -0.1) is 0 Å². The van der Waals surface area contributed by atoms with Gasteiger partial charge in [0.1, 0.15) is 0 Å². The molecule has 0 fully saturated rings. The maximum Gasteiger partial charge on any atom is 0.223 e. The van der Waals surface area contributed by atoms with Gasteiger partial charge in [0.05, 0.1) is 0 Å². The first-order valence-electron chi connectivity index (χ1n) is 6.72. The summed E-state index contributed by atoms with van der Waals surface area (Å²) in [6, 6.07) is 0. The van der Waals surface area contributed by atoms with Crippen LogP contribution in [0.3, 0.4) is 0 Å². The average Bonchev–Trinajstić information content (AvgIpc) is 2.22. The predicted octanol–water partition coefficient (Wildman–Crippen LogP) is 2.58. The highest BCUT2D eigenvalue weighted by Gasteiger charge is 2.24. The Morgan fingerprint density at radius 3 is 2.35 bits per heavy atom. The Balaban J connectivity index is 4.22. The van der Waals surface area contributed by atoms with Gasteiger partial charge in [-0.05, 0) is 24.2 Å². The number of hydrogen-bond acceptors (Lipinski definition) is 2. The molecule has 1 amide bonds. The van der Waals surface area contributed by atoms with Gasteiger partial charge in [0.15, 0.2) is 0 Å². The second-order valence-corrected chi connectivity index (χ2v) is 5.99. The van der Waals surface area contributed by atoms with Crippen molar-refractivity contribution in [2.24, 2.45) is 17.3 Å². The summed E-state index contributed by atoms with van der Waals surface area (Å²) in [5.41, 5.74) is -0.0296. The third-order valence-corrected chi connectivity index (χ3v) is 3.27. The van der Waals surface area contributed by atoms with Crippen molar-refractivity contribution < 1.29 is 9.90 Å². The van der Waals surface area contributed by atoms with E-state index >= 15 is 0 Å². The van der Waals surface area contributed by atoms with Crippen molar-refractivity contribution in [3.63, 3.8) is 0 Å². The first-order valence-corrected chi connectivity index (χ1v) is 6.72. The van der Waals surface area contributed by atoms with Crippen LogP contribution in [-0.2, 0) is 4.79 Å². The first-order chi connectivity index (χ1) is 7.84. The van der Waals surface area contributed by atoms with Crippen molar-refractivity contribution in [3.8, 4) is 0 Å². The second kappa shape index (κ2) is 7.70. The molecule has 0 heterocycles. The van der Waals surface area contributed by atoms with Crippen LogP contribution in [0.15, 0.2) is 0 Å². The third kappa shape index (κ3) is 6.67. The minimum absolute atomic E-state index is 0.0296. The van der Waals surface area contributed by atoms with Crippen LogP contribution in [0.1, 0.15) is 53.9 Å². The van der Waals surface area contributed by atoms with Gasteiger partial charge in [-0.25, -0.2) is 0 Å². The fraction of sp³-hybridized carbons (Fsp3) is 0.929. The molecule has 0 aliphatic carbocycles. The zero-order valence-corrected chi connectivity index (χ0v) is 12.0. The van der Waals surface area contributed by atoms with Gasteiger partial charge in [-0.2, -0.15) is 0 Å². The molecule has 0 spiro atoms. The lowest BCUT2D eigenvalue weighted by Crippen LogP contribution is -2.39. The summed E-state index contributed by atoms with van der Waals surface area (Å²) in [5.74, 6) is 0.661. The molecule has 0 saturated carbocycles. The lowest BCUT2D eigenvalue weighted by molar-refractivity contribution is -0.127. The molecule has 102 valence electrons. The third-order valence-electron chi connectivity index (χ3n) is 3.27. The van der Waals surface area contributed by atoms with Gasteiger partial charge in [0.2, 0.25) is 5.91 Å². The van der Waals surface area contributed by atoms with Crippen molar-refractivity contribution in [1.29, 1.82) is 0 Å². The SMILES string of the molecule is CCCC(C(=O)NCC(C)(C)CCO)C(C)C. The van der Waals surface area contributed by atoms with E-state index in [0.29, 0.717) is 18.9 Å². The van der Waals surface area contributed by atoms with E-state index in [4.69, 9.17) is 5.11 Å². The van der Waals surface area contributed by atoms with E-state index in [1.165, 1.54) is 0 Å². The van der Waals surface area contributed by atoms with E-state index in [2.05, 4.69) is 39.9 Å². The Hall–Kier alpha value is -0.570. The number of hydrogen-bond donors (Lipinski definition) is 2. The predicted molar refractivity (Wildman–Crippen MR) is 71.7 cm³/mol. The molecule has 0 rings (SSSR count). The Kier molecular flexibility index (Phi) is 7.44. The van der Waals surface area contributed by atoms with Crippen LogP contribution in [-0.4, -0.2) is 24.2 Å². The summed E-state index contributed by atoms with van der Waals surface area (Å²) in [6.45, 7) is 11.2. The van der Waals surface area contributed by atoms with Crippen molar-refractivity contribution in [2.45, 2.75) is 53.9 Å². The largest absolute Gasteiger partial charge is 0.396 e. The van der Waals surface area contributed by atoms with Crippen LogP contribution in [0.25, 0.3) is 0 Å². The zero-order valence-electron chi connectivity index (χ0n) is 12.0. The van der Waals surface area contributed by atoms with Crippen molar-refractivity contribution >= 4 is 5.91 Å². The molecule has 2 N–H and O–H groups in total. The fourth-order valence-electron chi connectivity index (χ4n) is 1.93. The zero-order chi connectivity index (χ0) is 13.5. The summed E-state index contributed by atoms with van der Waals surface area (Å²) in [4.78, 5) is 12.1. The normalized spacial score (nSPS) is 13.8. The number of aliphatic hydroxyl groups excluding tert-OH is 1. The number of aliphatic hydroxyl groups is 1. The van der Waals surface area contributed by atoms with Crippen molar-refractivity contribution in [1.82, 2.24) is 5.32 Å². The maximum absolute atomic E-state index is 12.1. The van der Waals surface area contributed by atoms with Crippen LogP contribution in [0.4, 0.5) is 0 Å². The van der Waals surface area contributed by atoms with Crippen molar-refractivity contribution in [2.75, 3.05) is 13.2 Å². The standard InChI is InChI=1S/C14H29NO2/c1-6-7-12(11(2)3)13(17)15-10-14(4,5)8-9-16/h11-12,16H,6-10H2,1-5H3,(H,15,17). The van der Waals surface area contributed by atoms with Gasteiger partial charge in [0, 0.05) is 19.1 Å². The topological polar surface area (TPSA) is 49.3 Å². The summed E-state index contributed by atoms with van der Waals surface area (Å²) < 4.78 is 0. The van der Waals surface area contributed by atoms with Crippen LogP contribution in [0.2, 0.25) is 0 Å². The molecule has 0 aromatic carbocycles. The molecule has 0 bridgehead atoms. The molecule has 3 nitrogen and oxygen atoms in total. The Morgan fingerprint density at radius 1 is 1.35 bits per heavy atom. The smallest absolute Gasteiger partial charge is 0.223 e. The summed E-state index contributed by atoms with van der Waals surface area (Å²) >= 11 is 0. The minimum Gasteiger partial charge on any atom is -0.396 e.